The number of hydrogen-bond acceptors (Lipinski definition) is 10. The number of unbranched alkanes of at least 4 members (excludes halogenated alkanes) is 23. The number of aliphatic hydroxyl groups excluding tert-OH is 7. The molecule has 9 atom stereocenters. The Hall–Kier alpha value is -1.15. The quantitative estimate of drug-likeness (QED) is 0.0243. The molecule has 55 heavy (non-hydrogen) atoms. The van der Waals surface area contributed by atoms with Crippen LogP contribution in [0.1, 0.15) is 194 Å². The van der Waals surface area contributed by atoms with Gasteiger partial charge in [-0.1, -0.05) is 167 Å². The van der Waals surface area contributed by atoms with Crippen molar-refractivity contribution in [2.75, 3.05) is 13.2 Å². The predicted octanol–water partition coefficient (Wildman–Crippen LogP) is 6.89. The van der Waals surface area contributed by atoms with Gasteiger partial charge in [-0.2, -0.15) is 0 Å². The van der Waals surface area contributed by atoms with Crippen LogP contribution in [0.3, 0.4) is 0 Å². The number of aliphatic hydroxyl groups is 7. The second-order valence-corrected chi connectivity index (χ2v) is 16.1. The molecule has 1 aliphatic heterocycles. The molecule has 11 nitrogen and oxygen atoms in total. The van der Waals surface area contributed by atoms with Gasteiger partial charge in [0.1, 0.15) is 36.6 Å². The predicted molar refractivity (Wildman–Crippen MR) is 219 cm³/mol. The van der Waals surface area contributed by atoms with Crippen molar-refractivity contribution in [3.05, 3.63) is 12.2 Å². The van der Waals surface area contributed by atoms with Gasteiger partial charge in [-0.15, -0.1) is 0 Å². The van der Waals surface area contributed by atoms with Crippen LogP contribution in [-0.2, 0) is 14.3 Å². The van der Waals surface area contributed by atoms with Crippen molar-refractivity contribution >= 4 is 5.91 Å². The Bertz CT molecular complexity index is 908. The van der Waals surface area contributed by atoms with Gasteiger partial charge in [-0.3, -0.25) is 4.79 Å². The molecule has 0 bridgehead atoms. The Morgan fingerprint density at radius 3 is 1.53 bits per heavy atom. The number of carbonyl (C=O) groups excluding carboxylic acids is 1. The lowest BCUT2D eigenvalue weighted by Crippen LogP contribution is -2.60. The summed E-state index contributed by atoms with van der Waals surface area (Å²) in [6.45, 7) is 3.42. The van der Waals surface area contributed by atoms with Crippen LogP contribution in [0, 0.1) is 0 Å². The van der Waals surface area contributed by atoms with Crippen molar-refractivity contribution in [3.63, 3.8) is 0 Å². The average Bonchev–Trinajstić information content (AvgIpc) is 3.18. The molecule has 0 spiro atoms. The number of hydrogen-bond donors (Lipinski definition) is 8. The molecule has 1 saturated heterocycles. The van der Waals surface area contributed by atoms with Gasteiger partial charge in [0.2, 0.25) is 5.91 Å². The van der Waals surface area contributed by atoms with Gasteiger partial charge in [-0.05, 0) is 38.5 Å². The summed E-state index contributed by atoms with van der Waals surface area (Å²) >= 11 is 0. The molecule has 326 valence electrons. The van der Waals surface area contributed by atoms with Crippen LogP contribution in [0.25, 0.3) is 0 Å². The zero-order valence-corrected chi connectivity index (χ0v) is 34.9. The van der Waals surface area contributed by atoms with E-state index in [0.717, 1.165) is 57.8 Å². The standard InChI is InChI=1S/C44H85NO10/c1-3-5-7-9-11-13-15-17-18-19-20-22-23-25-27-29-31-36(47)39(49)35(34-54-44-42(52)41(51)40(50)38(33-46)55-44)45-43(53)37(48)32-30-28-26-24-21-16-14-12-10-8-6-4-2/h17-18,35-42,44,46-52H,3-16,19-34H2,1-2H3,(H,45,53)/b18-17-/t35-,36+,37+,38+,39-,40+,41-,42+,44+/m0/s1. The van der Waals surface area contributed by atoms with Crippen molar-refractivity contribution in [2.24, 2.45) is 0 Å². The van der Waals surface area contributed by atoms with E-state index in [1.54, 1.807) is 0 Å². The molecule has 1 amide bonds. The summed E-state index contributed by atoms with van der Waals surface area (Å²) in [5.74, 6) is -0.700. The van der Waals surface area contributed by atoms with E-state index in [1.807, 2.05) is 0 Å². The molecule has 0 aromatic carbocycles. The van der Waals surface area contributed by atoms with Crippen molar-refractivity contribution < 1.29 is 50.0 Å². The van der Waals surface area contributed by atoms with Crippen molar-refractivity contribution in [1.82, 2.24) is 5.32 Å². The van der Waals surface area contributed by atoms with E-state index in [4.69, 9.17) is 9.47 Å². The van der Waals surface area contributed by atoms with E-state index in [-0.39, 0.29) is 6.42 Å². The smallest absolute Gasteiger partial charge is 0.249 e. The highest BCUT2D eigenvalue weighted by atomic mass is 16.7. The maximum Gasteiger partial charge on any atom is 0.249 e. The van der Waals surface area contributed by atoms with Gasteiger partial charge < -0.3 is 50.5 Å². The van der Waals surface area contributed by atoms with Crippen LogP contribution < -0.4 is 5.32 Å². The Balaban J connectivity index is 2.48. The fraction of sp³-hybridized carbons (Fsp3) is 0.932. The Kier molecular flexibility index (Phi) is 32.9. The van der Waals surface area contributed by atoms with Gasteiger partial charge >= 0.3 is 0 Å². The van der Waals surface area contributed by atoms with E-state index in [0.29, 0.717) is 19.3 Å². The molecule has 11 heteroatoms. The molecule has 1 heterocycles. The first-order chi connectivity index (χ1) is 26.7. The number of allylic oxidation sites excluding steroid dienone is 2. The number of amides is 1. The van der Waals surface area contributed by atoms with Crippen molar-refractivity contribution in [2.45, 2.75) is 249 Å². The van der Waals surface area contributed by atoms with Crippen LogP contribution in [0.5, 0.6) is 0 Å². The third kappa shape index (κ3) is 25.1. The van der Waals surface area contributed by atoms with Crippen molar-refractivity contribution in [1.29, 1.82) is 0 Å². The van der Waals surface area contributed by atoms with Gasteiger partial charge in [0.25, 0.3) is 0 Å². The second kappa shape index (κ2) is 34.9. The molecular formula is C44H85NO10. The summed E-state index contributed by atoms with van der Waals surface area (Å²) in [5.41, 5.74) is 0. The molecule has 0 saturated carbocycles. The van der Waals surface area contributed by atoms with Gasteiger partial charge in [-0.25, -0.2) is 0 Å². The minimum Gasteiger partial charge on any atom is -0.394 e. The third-order valence-corrected chi connectivity index (χ3v) is 11.1. The van der Waals surface area contributed by atoms with Crippen LogP contribution in [-0.4, -0.2) is 110 Å². The highest BCUT2D eigenvalue weighted by Gasteiger charge is 2.44. The lowest BCUT2D eigenvalue weighted by Gasteiger charge is -2.40. The fourth-order valence-corrected chi connectivity index (χ4v) is 7.26. The number of nitrogens with one attached hydrogen (secondary N) is 1. The van der Waals surface area contributed by atoms with E-state index >= 15 is 0 Å². The Morgan fingerprint density at radius 2 is 1.05 bits per heavy atom. The monoisotopic (exact) mass is 788 g/mol. The van der Waals surface area contributed by atoms with Crippen LogP contribution >= 0.6 is 0 Å². The summed E-state index contributed by atoms with van der Waals surface area (Å²) in [7, 11) is 0. The molecule has 0 aromatic heterocycles. The van der Waals surface area contributed by atoms with Gasteiger partial charge in [0.15, 0.2) is 6.29 Å². The number of carbonyl (C=O) groups is 1. The van der Waals surface area contributed by atoms with Crippen molar-refractivity contribution in [3.8, 4) is 0 Å². The number of ether oxygens (including phenoxy) is 2. The summed E-state index contributed by atoms with van der Waals surface area (Å²) in [6, 6.07) is -1.17. The van der Waals surface area contributed by atoms with E-state index in [1.165, 1.54) is 96.3 Å². The zero-order chi connectivity index (χ0) is 40.5. The first kappa shape index (κ1) is 51.9. The Labute approximate surface area is 334 Å². The van der Waals surface area contributed by atoms with Crippen LogP contribution in [0.15, 0.2) is 12.2 Å². The number of rotatable bonds is 37. The largest absolute Gasteiger partial charge is 0.394 e. The summed E-state index contributed by atoms with van der Waals surface area (Å²) in [4.78, 5) is 13.0. The minimum absolute atomic E-state index is 0.262. The molecule has 0 aliphatic carbocycles. The molecule has 0 unspecified atom stereocenters. The maximum atomic E-state index is 13.0. The first-order valence-electron chi connectivity index (χ1n) is 22.6. The van der Waals surface area contributed by atoms with Gasteiger partial charge in [0.05, 0.1) is 25.4 Å². The van der Waals surface area contributed by atoms with E-state index in [2.05, 4.69) is 31.3 Å². The highest BCUT2D eigenvalue weighted by molar-refractivity contribution is 5.80. The molecular weight excluding hydrogens is 702 g/mol. The van der Waals surface area contributed by atoms with Gasteiger partial charge in [0, 0.05) is 0 Å². The molecule has 8 N–H and O–H groups in total. The van der Waals surface area contributed by atoms with Crippen LogP contribution in [0.4, 0.5) is 0 Å². The topological polar surface area (TPSA) is 189 Å². The summed E-state index contributed by atoms with van der Waals surface area (Å²) in [6.07, 6.45) is 24.0. The fourth-order valence-electron chi connectivity index (χ4n) is 7.26. The Morgan fingerprint density at radius 1 is 0.618 bits per heavy atom. The minimum atomic E-state index is -1.66. The van der Waals surface area contributed by atoms with E-state index < -0.39 is 74.2 Å². The maximum absolute atomic E-state index is 13.0. The molecule has 1 fully saturated rings. The second-order valence-electron chi connectivity index (χ2n) is 16.1. The lowest BCUT2D eigenvalue weighted by atomic mass is 9.98. The molecule has 1 rings (SSSR count). The third-order valence-electron chi connectivity index (χ3n) is 11.1. The molecule has 1 aliphatic rings. The SMILES string of the molecule is CCCCCCCC/C=C\CCCCCCCC[C@@H](O)[C@@H](O)[C@H](CO[C@@H]1O[C@H](CO)[C@@H](O)[C@H](O)[C@H]1O)NC(=O)[C@H](O)CCCCCCCCCCCCCC. The normalized spacial score (nSPS) is 22.5. The molecule has 0 aromatic rings. The zero-order valence-electron chi connectivity index (χ0n) is 34.9. The van der Waals surface area contributed by atoms with Crippen LogP contribution in [0.2, 0.25) is 0 Å². The average molecular weight is 788 g/mol. The van der Waals surface area contributed by atoms with E-state index in [9.17, 15) is 40.5 Å². The summed E-state index contributed by atoms with van der Waals surface area (Å²) in [5, 5.41) is 75.5. The first-order valence-corrected chi connectivity index (χ1v) is 22.6. The summed E-state index contributed by atoms with van der Waals surface area (Å²) < 4.78 is 11.1. The molecule has 0 radical (unpaired) electrons. The highest BCUT2D eigenvalue weighted by Crippen LogP contribution is 2.23. The lowest BCUT2D eigenvalue weighted by molar-refractivity contribution is -0.303.